The quantitative estimate of drug-likeness (QED) is 0.328. The van der Waals surface area contributed by atoms with E-state index in [1.54, 1.807) is 0 Å². The summed E-state index contributed by atoms with van der Waals surface area (Å²) in [4.78, 5) is 0. The van der Waals surface area contributed by atoms with Crippen LogP contribution in [-0.4, -0.2) is 55.4 Å². The first-order chi connectivity index (χ1) is 16.4. The first kappa shape index (κ1) is 33.9. The van der Waals surface area contributed by atoms with Crippen LogP contribution < -0.4 is 0 Å². The number of methoxy groups -OCH3 is 2. The summed E-state index contributed by atoms with van der Waals surface area (Å²) in [6.07, 6.45) is -21.0. The normalized spacial score (nSPS) is 19.5. The third-order valence-electron chi connectivity index (χ3n) is 4.91. The lowest BCUT2D eigenvalue weighted by molar-refractivity contribution is -0.400. The van der Waals surface area contributed by atoms with Gasteiger partial charge in [0, 0.05) is 30.9 Å². The van der Waals surface area contributed by atoms with E-state index < -0.39 is 103 Å². The molecule has 3 atom stereocenters. The van der Waals surface area contributed by atoms with Gasteiger partial charge in [-0.1, -0.05) is 0 Å². The maximum Gasteiger partial charge on any atom is 0.455 e. The van der Waals surface area contributed by atoms with Gasteiger partial charge in [0.1, 0.15) is 0 Å². The minimum Gasteiger partial charge on any atom is -0.350 e. The van der Waals surface area contributed by atoms with Gasteiger partial charge in [-0.15, -0.1) is 0 Å². The molecule has 0 amide bonds. The Bertz CT molecular complexity index is 953. The van der Waals surface area contributed by atoms with Crippen LogP contribution in [0.1, 0.15) is 16.7 Å². The fourth-order valence-electron chi connectivity index (χ4n) is 2.76. The largest absolute Gasteiger partial charge is 0.455 e. The summed E-state index contributed by atoms with van der Waals surface area (Å²) in [5, 5.41) is 8.62. The molecule has 0 heterocycles. The average molecular weight is 604 g/mol. The molecule has 1 aromatic rings. The van der Waals surface area contributed by atoms with Crippen molar-refractivity contribution in [2.45, 2.75) is 53.9 Å². The molecule has 1 rings (SSSR count). The number of hydrogen-bond donors (Lipinski definition) is 1. The molecule has 0 aliphatic rings. The SMILES string of the molecule is COC(F)(C(F)(F)F)C(F)(F)c1cc(C(F)(F)C(O)(F)C(F)(F)F)cc(C(F)(F)C(F)(OC)C(F)(F)F)c1. The van der Waals surface area contributed by atoms with Gasteiger partial charge in [0.25, 0.3) is 0 Å². The lowest BCUT2D eigenvalue weighted by Gasteiger charge is -2.37. The van der Waals surface area contributed by atoms with Gasteiger partial charge >= 0.3 is 53.9 Å². The fraction of sp³-hybridized carbons (Fsp3) is 0.647. The third kappa shape index (κ3) is 4.73. The second-order valence-electron chi connectivity index (χ2n) is 7.24. The summed E-state index contributed by atoms with van der Waals surface area (Å²) in [5.74, 6) is -39.7. The van der Waals surface area contributed by atoms with Crippen molar-refractivity contribution in [3.8, 4) is 0 Å². The average Bonchev–Trinajstić information content (AvgIpc) is 2.74. The van der Waals surface area contributed by atoms with E-state index in [2.05, 4.69) is 9.47 Å². The van der Waals surface area contributed by atoms with E-state index >= 15 is 0 Å². The van der Waals surface area contributed by atoms with Crippen molar-refractivity contribution < 1.29 is 93.6 Å². The Kier molecular flexibility index (Phi) is 8.20. The summed E-state index contributed by atoms with van der Waals surface area (Å²) in [6.45, 7) is 0. The second kappa shape index (κ2) is 9.20. The van der Waals surface area contributed by atoms with Crippen molar-refractivity contribution in [3.05, 3.63) is 34.9 Å². The Hall–Kier alpha value is -2.16. The Balaban J connectivity index is 4.30. The Labute approximate surface area is 197 Å². The number of aliphatic hydroxyl groups is 1. The zero-order valence-corrected chi connectivity index (χ0v) is 17.8. The van der Waals surface area contributed by atoms with Crippen molar-refractivity contribution in [1.82, 2.24) is 0 Å². The van der Waals surface area contributed by atoms with E-state index in [4.69, 9.17) is 5.11 Å². The maximum absolute atomic E-state index is 14.5. The van der Waals surface area contributed by atoms with Crippen molar-refractivity contribution in [3.63, 3.8) is 0 Å². The van der Waals surface area contributed by atoms with E-state index in [1.165, 1.54) is 0 Å². The molecule has 3 unspecified atom stereocenters. The van der Waals surface area contributed by atoms with Crippen molar-refractivity contribution >= 4 is 0 Å². The minimum atomic E-state index is -7.12. The molecule has 0 saturated heterocycles. The highest BCUT2D eigenvalue weighted by Crippen LogP contribution is 2.57. The zero-order valence-electron chi connectivity index (χ0n) is 17.8. The molecular weight excluding hydrogens is 594 g/mol. The van der Waals surface area contributed by atoms with Crippen LogP contribution in [0.4, 0.5) is 79.0 Å². The number of alkyl halides is 18. The predicted octanol–water partition coefficient (Wildman–Crippen LogP) is 6.93. The first-order valence-corrected chi connectivity index (χ1v) is 8.83. The summed E-state index contributed by atoms with van der Waals surface area (Å²) in [5.41, 5.74) is -9.82. The Morgan fingerprint density at radius 1 is 0.447 bits per heavy atom. The minimum absolute atomic E-state index is 0.458. The smallest absolute Gasteiger partial charge is 0.350 e. The number of halogens is 18. The van der Waals surface area contributed by atoms with Crippen LogP contribution in [-0.2, 0) is 27.2 Å². The van der Waals surface area contributed by atoms with Gasteiger partial charge in [0.15, 0.2) is 0 Å². The molecule has 0 aromatic heterocycles. The highest BCUT2D eigenvalue weighted by Gasteiger charge is 2.76. The van der Waals surface area contributed by atoms with Crippen LogP contribution in [0.3, 0.4) is 0 Å². The number of rotatable bonds is 8. The van der Waals surface area contributed by atoms with Gasteiger partial charge in [-0.2, -0.15) is 79.0 Å². The predicted molar refractivity (Wildman–Crippen MR) is 84.0 cm³/mol. The van der Waals surface area contributed by atoms with Crippen LogP contribution in [0, 0.1) is 0 Å². The van der Waals surface area contributed by atoms with Crippen molar-refractivity contribution in [2.75, 3.05) is 14.2 Å². The molecule has 0 fully saturated rings. The second-order valence-corrected chi connectivity index (χ2v) is 7.24. The van der Waals surface area contributed by atoms with Crippen LogP contribution in [0.15, 0.2) is 18.2 Å². The van der Waals surface area contributed by atoms with E-state index in [0.717, 1.165) is 0 Å². The lowest BCUT2D eigenvalue weighted by atomic mass is 9.88. The molecule has 0 radical (unpaired) electrons. The van der Waals surface area contributed by atoms with Gasteiger partial charge in [0.05, 0.1) is 0 Å². The number of benzene rings is 1. The number of hydrogen-bond acceptors (Lipinski definition) is 3. The zero-order chi connectivity index (χ0) is 30.8. The van der Waals surface area contributed by atoms with E-state index in [0.29, 0.717) is 0 Å². The van der Waals surface area contributed by atoms with Crippen LogP contribution in [0.5, 0.6) is 0 Å². The molecule has 21 heteroatoms. The van der Waals surface area contributed by atoms with Gasteiger partial charge in [-0.05, 0) is 18.2 Å². The first-order valence-electron chi connectivity index (χ1n) is 8.83. The van der Waals surface area contributed by atoms with Gasteiger partial charge in [-0.25, -0.2) is 0 Å². The molecule has 1 aromatic carbocycles. The Morgan fingerprint density at radius 3 is 0.868 bits per heavy atom. The summed E-state index contributed by atoms with van der Waals surface area (Å²) in [7, 11) is -0.916. The molecule has 0 bridgehead atoms. The Morgan fingerprint density at radius 2 is 0.684 bits per heavy atom. The summed E-state index contributed by atoms with van der Waals surface area (Å²) < 4.78 is 250. The molecule has 0 aliphatic carbocycles. The lowest BCUT2D eigenvalue weighted by Crippen LogP contribution is -2.57. The molecule has 0 spiro atoms. The van der Waals surface area contributed by atoms with Gasteiger partial charge in [0.2, 0.25) is 0 Å². The standard InChI is InChI=1S/C17H10F18O3/c1-37-13(25,16(30,31)32)10(20,21)7-3-6(9(18,19)12(24,36)15(27,28)29)4-8(5-7)11(22,23)14(26,38-2)17(33,34)35/h3-5,36H,1-2H3. The van der Waals surface area contributed by atoms with Crippen LogP contribution in [0.2, 0.25) is 0 Å². The molecule has 0 aliphatic heterocycles. The number of ether oxygens (including phenoxy) is 2. The summed E-state index contributed by atoms with van der Waals surface area (Å²) in [6, 6.07) is -4.13. The molecule has 38 heavy (non-hydrogen) atoms. The van der Waals surface area contributed by atoms with Crippen LogP contribution in [0.25, 0.3) is 0 Å². The van der Waals surface area contributed by atoms with Crippen LogP contribution >= 0.6 is 0 Å². The van der Waals surface area contributed by atoms with Crippen molar-refractivity contribution in [2.24, 2.45) is 0 Å². The maximum atomic E-state index is 14.5. The summed E-state index contributed by atoms with van der Waals surface area (Å²) >= 11 is 0. The van der Waals surface area contributed by atoms with Crippen molar-refractivity contribution in [1.29, 1.82) is 0 Å². The van der Waals surface area contributed by atoms with E-state index in [9.17, 15) is 79.0 Å². The molecule has 3 nitrogen and oxygen atoms in total. The molecular formula is C17H10F18O3. The third-order valence-corrected chi connectivity index (χ3v) is 4.91. The monoisotopic (exact) mass is 604 g/mol. The van der Waals surface area contributed by atoms with E-state index in [1.807, 2.05) is 0 Å². The highest BCUT2D eigenvalue weighted by atomic mass is 19.4. The highest BCUT2D eigenvalue weighted by molar-refractivity contribution is 5.40. The van der Waals surface area contributed by atoms with E-state index in [-0.39, 0.29) is 0 Å². The molecule has 0 saturated carbocycles. The van der Waals surface area contributed by atoms with Gasteiger partial charge in [-0.3, -0.25) is 0 Å². The molecule has 1 N–H and O–H groups in total. The molecule has 222 valence electrons. The fourth-order valence-corrected chi connectivity index (χ4v) is 2.76. The topological polar surface area (TPSA) is 38.7 Å². The van der Waals surface area contributed by atoms with Gasteiger partial charge < -0.3 is 14.6 Å².